The zero-order valence-corrected chi connectivity index (χ0v) is 13.1. The summed E-state index contributed by atoms with van der Waals surface area (Å²) in [7, 11) is 1.61. The Morgan fingerprint density at radius 2 is 2.00 bits per heavy atom. The van der Waals surface area contributed by atoms with E-state index < -0.39 is 5.97 Å². The highest BCUT2D eigenvalue weighted by atomic mass is 16.5. The fourth-order valence-electron chi connectivity index (χ4n) is 2.83. The van der Waals surface area contributed by atoms with Crippen LogP contribution in [-0.4, -0.2) is 28.2 Å². The quantitative estimate of drug-likeness (QED) is 0.800. The number of carbonyl (C=O) groups is 1. The minimum atomic E-state index is -0.958. The molecule has 5 nitrogen and oxygen atoms in total. The van der Waals surface area contributed by atoms with Gasteiger partial charge in [-0.25, -0.2) is 4.79 Å². The van der Waals surface area contributed by atoms with Crippen molar-refractivity contribution in [1.82, 2.24) is 9.97 Å². The van der Waals surface area contributed by atoms with E-state index in [2.05, 4.69) is 9.97 Å². The number of fused-ring (bicyclic) bond motifs is 1. The smallest absolute Gasteiger partial charge is 0.337 e. The van der Waals surface area contributed by atoms with E-state index in [1.54, 1.807) is 33.2 Å². The van der Waals surface area contributed by atoms with Crippen molar-refractivity contribution in [3.05, 3.63) is 53.3 Å². The summed E-state index contributed by atoms with van der Waals surface area (Å²) in [5.74, 6) is -0.264. The summed E-state index contributed by atoms with van der Waals surface area (Å²) in [5.41, 5.74) is 3.83. The number of hydrogen-bond donors (Lipinski definition) is 1. The van der Waals surface area contributed by atoms with Crippen LogP contribution in [-0.2, 0) is 0 Å². The Hall–Kier alpha value is -2.95. The van der Waals surface area contributed by atoms with Gasteiger partial charge in [-0.2, -0.15) is 0 Å². The molecule has 0 saturated carbocycles. The molecule has 1 N–H and O–H groups in total. The Balaban J connectivity index is 2.28. The maximum absolute atomic E-state index is 11.3. The highest BCUT2D eigenvalue weighted by molar-refractivity contribution is 5.98. The number of hydrogen-bond acceptors (Lipinski definition) is 4. The van der Waals surface area contributed by atoms with Crippen molar-refractivity contribution in [2.45, 2.75) is 13.8 Å². The van der Waals surface area contributed by atoms with Crippen LogP contribution < -0.4 is 4.74 Å². The Kier molecular flexibility index (Phi) is 3.70. The zero-order valence-electron chi connectivity index (χ0n) is 13.1. The van der Waals surface area contributed by atoms with Gasteiger partial charge in [-0.15, -0.1) is 0 Å². The molecule has 2 heterocycles. The van der Waals surface area contributed by atoms with Crippen LogP contribution >= 0.6 is 0 Å². The molecule has 5 heteroatoms. The first-order valence-electron chi connectivity index (χ1n) is 7.16. The number of pyridine rings is 2. The number of aromatic carboxylic acids is 1. The van der Waals surface area contributed by atoms with Gasteiger partial charge in [0.25, 0.3) is 0 Å². The molecule has 0 amide bonds. The van der Waals surface area contributed by atoms with E-state index >= 15 is 0 Å². The van der Waals surface area contributed by atoms with E-state index in [-0.39, 0.29) is 5.56 Å². The number of carboxylic acids is 1. The van der Waals surface area contributed by atoms with E-state index in [0.717, 1.165) is 22.2 Å². The minimum Gasteiger partial charge on any atom is -0.494 e. The third-order valence-electron chi connectivity index (χ3n) is 3.84. The molecule has 0 unspecified atom stereocenters. The number of nitrogens with zero attached hydrogens (tertiary/aromatic N) is 2. The maximum atomic E-state index is 11.3. The fraction of sp³-hybridized carbons (Fsp3) is 0.167. The highest BCUT2D eigenvalue weighted by Crippen LogP contribution is 2.33. The Morgan fingerprint density at radius 1 is 1.22 bits per heavy atom. The van der Waals surface area contributed by atoms with E-state index in [1.807, 2.05) is 24.3 Å². The van der Waals surface area contributed by atoms with Crippen molar-refractivity contribution in [3.8, 4) is 17.0 Å². The molecule has 3 aromatic rings. The fourth-order valence-corrected chi connectivity index (χ4v) is 2.83. The number of carboxylic acid groups (broad SMARTS) is 1. The molecular weight excluding hydrogens is 292 g/mol. The molecule has 0 spiro atoms. The van der Waals surface area contributed by atoms with Gasteiger partial charge in [-0.1, -0.05) is 6.07 Å². The molecule has 116 valence electrons. The minimum absolute atomic E-state index is 0.254. The van der Waals surface area contributed by atoms with Crippen molar-refractivity contribution in [2.24, 2.45) is 0 Å². The summed E-state index contributed by atoms with van der Waals surface area (Å²) >= 11 is 0. The van der Waals surface area contributed by atoms with E-state index in [1.165, 1.54) is 0 Å². The van der Waals surface area contributed by atoms with Crippen LogP contribution in [0.3, 0.4) is 0 Å². The normalized spacial score (nSPS) is 10.7. The molecule has 3 rings (SSSR count). The zero-order chi connectivity index (χ0) is 16.6. The molecule has 0 radical (unpaired) electrons. The van der Waals surface area contributed by atoms with E-state index in [4.69, 9.17) is 4.74 Å². The van der Waals surface area contributed by atoms with E-state index in [0.29, 0.717) is 17.0 Å². The van der Waals surface area contributed by atoms with Crippen LogP contribution in [0.15, 0.2) is 36.5 Å². The number of rotatable bonds is 3. The lowest BCUT2D eigenvalue weighted by Crippen LogP contribution is -2.06. The van der Waals surface area contributed by atoms with Gasteiger partial charge in [-0.05, 0) is 43.7 Å². The van der Waals surface area contributed by atoms with Crippen LogP contribution in [0.5, 0.6) is 5.75 Å². The lowest BCUT2D eigenvalue weighted by atomic mass is 10.00. The number of benzene rings is 1. The average Bonchev–Trinajstić information content (AvgIpc) is 2.52. The van der Waals surface area contributed by atoms with Crippen LogP contribution in [0.1, 0.15) is 21.6 Å². The van der Waals surface area contributed by atoms with Crippen molar-refractivity contribution in [2.75, 3.05) is 7.11 Å². The van der Waals surface area contributed by atoms with Crippen molar-refractivity contribution >= 4 is 16.9 Å². The van der Waals surface area contributed by atoms with Crippen LogP contribution in [0, 0.1) is 13.8 Å². The monoisotopic (exact) mass is 308 g/mol. The highest BCUT2D eigenvalue weighted by Gasteiger charge is 2.16. The first-order chi connectivity index (χ1) is 11.0. The van der Waals surface area contributed by atoms with Gasteiger partial charge in [0, 0.05) is 17.1 Å². The van der Waals surface area contributed by atoms with Gasteiger partial charge in [0.1, 0.15) is 11.3 Å². The van der Waals surface area contributed by atoms with Gasteiger partial charge in [0.15, 0.2) is 0 Å². The third-order valence-corrected chi connectivity index (χ3v) is 3.84. The van der Waals surface area contributed by atoms with Gasteiger partial charge >= 0.3 is 5.97 Å². The van der Waals surface area contributed by atoms with Gasteiger partial charge in [-0.3, -0.25) is 9.97 Å². The summed E-state index contributed by atoms with van der Waals surface area (Å²) in [6.07, 6.45) is 1.71. The van der Waals surface area contributed by atoms with Crippen LogP contribution in [0.4, 0.5) is 0 Å². The Morgan fingerprint density at radius 3 is 2.65 bits per heavy atom. The molecule has 0 aliphatic heterocycles. The second-order valence-electron chi connectivity index (χ2n) is 5.30. The molecular formula is C18H16N2O3. The van der Waals surface area contributed by atoms with Crippen LogP contribution in [0.2, 0.25) is 0 Å². The summed E-state index contributed by atoms with van der Waals surface area (Å²) in [6, 6.07) is 9.38. The molecule has 1 aromatic carbocycles. The topological polar surface area (TPSA) is 72.3 Å². The molecule has 23 heavy (non-hydrogen) atoms. The molecule has 2 aromatic heterocycles. The summed E-state index contributed by atoms with van der Waals surface area (Å²) in [5, 5.41) is 10.2. The molecule has 0 fully saturated rings. The number of methoxy groups -OCH3 is 1. The second-order valence-corrected chi connectivity index (χ2v) is 5.30. The largest absolute Gasteiger partial charge is 0.494 e. The first-order valence-corrected chi connectivity index (χ1v) is 7.16. The standard InChI is InChI=1S/C18H16N2O3/c1-10-9-14(20-11(2)16(10)18(21)22)12-6-7-15(23-3)17-13(12)5-4-8-19-17/h4-9H,1-3H3,(H,21,22). The number of ether oxygens (including phenoxy) is 1. The number of aryl methyl sites for hydroxylation is 2. The molecule has 0 aliphatic rings. The average molecular weight is 308 g/mol. The lowest BCUT2D eigenvalue weighted by molar-refractivity contribution is 0.0695. The Labute approximate surface area is 133 Å². The number of aromatic nitrogens is 2. The molecule has 0 atom stereocenters. The summed E-state index contributed by atoms with van der Waals surface area (Å²) in [6.45, 7) is 3.50. The van der Waals surface area contributed by atoms with E-state index in [9.17, 15) is 9.90 Å². The van der Waals surface area contributed by atoms with Crippen molar-refractivity contribution < 1.29 is 14.6 Å². The lowest BCUT2D eigenvalue weighted by Gasteiger charge is -2.12. The van der Waals surface area contributed by atoms with Gasteiger partial charge < -0.3 is 9.84 Å². The SMILES string of the molecule is COc1ccc(-c2cc(C)c(C(=O)O)c(C)n2)c2cccnc12. The summed E-state index contributed by atoms with van der Waals surface area (Å²) in [4.78, 5) is 20.2. The maximum Gasteiger partial charge on any atom is 0.337 e. The molecule has 0 saturated heterocycles. The predicted molar refractivity (Wildman–Crippen MR) is 88.0 cm³/mol. The first kappa shape index (κ1) is 15.0. The third kappa shape index (κ3) is 2.50. The van der Waals surface area contributed by atoms with Gasteiger partial charge in [0.2, 0.25) is 0 Å². The van der Waals surface area contributed by atoms with Crippen molar-refractivity contribution in [1.29, 1.82) is 0 Å². The van der Waals surface area contributed by atoms with Gasteiger partial charge in [0.05, 0.1) is 24.1 Å². The summed E-state index contributed by atoms with van der Waals surface area (Å²) < 4.78 is 5.36. The molecule has 0 aliphatic carbocycles. The Bertz CT molecular complexity index is 896. The predicted octanol–water partition coefficient (Wildman–Crippen LogP) is 3.62. The second kappa shape index (κ2) is 5.68. The molecule has 0 bridgehead atoms. The van der Waals surface area contributed by atoms with Crippen LogP contribution in [0.25, 0.3) is 22.2 Å². The van der Waals surface area contributed by atoms with Crippen molar-refractivity contribution in [3.63, 3.8) is 0 Å².